The van der Waals surface area contributed by atoms with Crippen molar-refractivity contribution in [2.75, 3.05) is 13.1 Å². The molecule has 0 spiro atoms. The molecule has 0 unspecified atom stereocenters. The number of hydrogen-bond donors (Lipinski definition) is 0. The third-order valence-electron chi connectivity index (χ3n) is 4.84. The summed E-state index contributed by atoms with van der Waals surface area (Å²) in [5.74, 6) is 0.720. The van der Waals surface area contributed by atoms with E-state index in [2.05, 4.69) is 25.3 Å². The molecule has 27 heavy (non-hydrogen) atoms. The monoisotopic (exact) mass is 386 g/mol. The van der Waals surface area contributed by atoms with Gasteiger partial charge in [0.2, 0.25) is 5.82 Å². The van der Waals surface area contributed by atoms with Crippen molar-refractivity contribution < 1.29 is 4.39 Å². The lowest BCUT2D eigenvalue weighted by atomic mass is 9.97. The second kappa shape index (κ2) is 8.10. The Labute approximate surface area is 162 Å². The molecule has 8 heteroatoms. The highest BCUT2D eigenvalue weighted by Crippen LogP contribution is 2.25. The molecule has 0 radical (unpaired) electrons. The van der Waals surface area contributed by atoms with Crippen LogP contribution in [0.5, 0.6) is 0 Å². The minimum atomic E-state index is -0.247. The van der Waals surface area contributed by atoms with Gasteiger partial charge in [-0.05, 0) is 54.8 Å². The molecule has 6 nitrogen and oxygen atoms in total. The number of tetrazole rings is 1. The summed E-state index contributed by atoms with van der Waals surface area (Å²) in [5.41, 5.74) is 1.42. The maximum Gasteiger partial charge on any atom is 0.206 e. The summed E-state index contributed by atoms with van der Waals surface area (Å²) < 4.78 is 14.1. The highest BCUT2D eigenvalue weighted by atomic mass is 35.5. The Morgan fingerprint density at radius 3 is 2.96 bits per heavy atom. The quantitative estimate of drug-likeness (QED) is 0.672. The third kappa shape index (κ3) is 4.31. The summed E-state index contributed by atoms with van der Waals surface area (Å²) in [7, 11) is 0. The predicted octanol–water partition coefficient (Wildman–Crippen LogP) is 3.44. The molecule has 3 aromatic rings. The molecule has 1 aliphatic rings. The van der Waals surface area contributed by atoms with Gasteiger partial charge < -0.3 is 0 Å². The smallest absolute Gasteiger partial charge is 0.206 e. The summed E-state index contributed by atoms with van der Waals surface area (Å²) in [6.45, 7) is 3.00. The largest absolute Gasteiger partial charge is 0.299 e. The highest BCUT2D eigenvalue weighted by Gasteiger charge is 2.23. The van der Waals surface area contributed by atoms with Gasteiger partial charge in [-0.3, -0.25) is 9.88 Å². The molecule has 2 aromatic heterocycles. The lowest BCUT2D eigenvalue weighted by molar-refractivity contribution is 0.148. The molecule has 0 amide bonds. The van der Waals surface area contributed by atoms with Gasteiger partial charge in [-0.15, -0.1) is 10.2 Å². The Bertz CT molecular complexity index is 880. The van der Waals surface area contributed by atoms with E-state index in [4.69, 9.17) is 11.6 Å². The summed E-state index contributed by atoms with van der Waals surface area (Å²) in [5, 5.41) is 13.2. The number of aromatic nitrogens is 5. The van der Waals surface area contributed by atoms with E-state index >= 15 is 0 Å². The fourth-order valence-electron chi connectivity index (χ4n) is 3.51. The van der Waals surface area contributed by atoms with Crippen LogP contribution in [0.3, 0.4) is 0 Å². The van der Waals surface area contributed by atoms with Crippen LogP contribution in [0.15, 0.2) is 42.7 Å². The summed E-state index contributed by atoms with van der Waals surface area (Å²) in [6.07, 6.45) is 5.58. The molecule has 1 atom stereocenters. The molecule has 1 saturated heterocycles. The van der Waals surface area contributed by atoms with E-state index in [-0.39, 0.29) is 5.82 Å². The molecular weight excluding hydrogens is 367 g/mol. The van der Waals surface area contributed by atoms with E-state index in [0.29, 0.717) is 35.4 Å². The number of halogens is 2. The van der Waals surface area contributed by atoms with E-state index in [1.54, 1.807) is 29.3 Å². The summed E-state index contributed by atoms with van der Waals surface area (Å²) >= 11 is 6.17. The molecule has 4 rings (SSSR count). The Morgan fingerprint density at radius 2 is 2.15 bits per heavy atom. The van der Waals surface area contributed by atoms with Crippen LogP contribution in [0.4, 0.5) is 4.39 Å². The van der Waals surface area contributed by atoms with Crippen LogP contribution in [0.1, 0.15) is 18.4 Å². The van der Waals surface area contributed by atoms with Crippen molar-refractivity contribution in [3.63, 3.8) is 0 Å². The highest BCUT2D eigenvalue weighted by molar-refractivity contribution is 6.31. The van der Waals surface area contributed by atoms with Crippen molar-refractivity contribution in [1.29, 1.82) is 0 Å². The Hall–Kier alpha value is -2.38. The number of rotatable bonds is 5. The van der Waals surface area contributed by atoms with Crippen LogP contribution >= 0.6 is 11.6 Å². The van der Waals surface area contributed by atoms with Crippen molar-refractivity contribution in [3.05, 3.63) is 59.1 Å². The minimum Gasteiger partial charge on any atom is -0.299 e. The third-order valence-corrected chi connectivity index (χ3v) is 5.19. The first-order valence-corrected chi connectivity index (χ1v) is 9.40. The number of piperidine rings is 1. The lowest BCUT2D eigenvalue weighted by Crippen LogP contribution is -2.37. The van der Waals surface area contributed by atoms with Crippen LogP contribution in [-0.4, -0.2) is 43.2 Å². The average molecular weight is 387 g/mol. The number of pyridine rings is 1. The molecule has 0 saturated carbocycles. The zero-order valence-electron chi connectivity index (χ0n) is 14.8. The standard InChI is InChI=1S/C19H20ClFN6/c20-17-6-1-7-18(21)16(17)13-26-9-3-4-14(11-26)12-27-24-19(23-25-27)15-5-2-8-22-10-15/h1-2,5-8,10,14H,3-4,9,11-13H2/t14-/m0/s1. The normalized spacial score (nSPS) is 17.9. The average Bonchev–Trinajstić information content (AvgIpc) is 3.14. The van der Waals surface area contributed by atoms with Gasteiger partial charge in [0.25, 0.3) is 0 Å². The maximum atomic E-state index is 14.1. The topological polar surface area (TPSA) is 59.7 Å². The second-order valence-corrected chi connectivity index (χ2v) is 7.26. The van der Waals surface area contributed by atoms with Crippen LogP contribution < -0.4 is 0 Å². The molecule has 1 fully saturated rings. The molecule has 0 bridgehead atoms. The van der Waals surface area contributed by atoms with Gasteiger partial charge in [0.05, 0.1) is 6.54 Å². The number of benzene rings is 1. The number of hydrogen-bond acceptors (Lipinski definition) is 5. The minimum absolute atomic E-state index is 0.247. The van der Waals surface area contributed by atoms with Crippen LogP contribution in [0, 0.1) is 11.7 Å². The molecular formula is C19H20ClFN6. The Morgan fingerprint density at radius 1 is 1.22 bits per heavy atom. The molecule has 0 N–H and O–H groups in total. The fraction of sp³-hybridized carbons (Fsp3) is 0.368. The van der Waals surface area contributed by atoms with Crippen molar-refractivity contribution in [2.45, 2.75) is 25.9 Å². The molecule has 1 aliphatic heterocycles. The molecule has 3 heterocycles. The Balaban J connectivity index is 1.40. The number of likely N-dealkylation sites (tertiary alicyclic amines) is 1. The van der Waals surface area contributed by atoms with Gasteiger partial charge in [-0.2, -0.15) is 4.80 Å². The van der Waals surface area contributed by atoms with E-state index in [0.717, 1.165) is 31.5 Å². The molecule has 140 valence electrons. The fourth-order valence-corrected chi connectivity index (χ4v) is 3.74. The van der Waals surface area contributed by atoms with Crippen LogP contribution in [-0.2, 0) is 13.1 Å². The van der Waals surface area contributed by atoms with Gasteiger partial charge in [0.1, 0.15) is 5.82 Å². The molecule has 0 aliphatic carbocycles. The Kier molecular flexibility index (Phi) is 5.40. The first-order chi connectivity index (χ1) is 13.2. The van der Waals surface area contributed by atoms with Crippen LogP contribution in [0.2, 0.25) is 5.02 Å². The van der Waals surface area contributed by atoms with Crippen molar-refractivity contribution in [1.82, 2.24) is 30.1 Å². The lowest BCUT2D eigenvalue weighted by Gasteiger charge is -2.32. The predicted molar refractivity (Wildman–Crippen MR) is 100 cm³/mol. The SMILES string of the molecule is Fc1cccc(Cl)c1CN1CCC[C@H](Cn2nnc(-c3cccnc3)n2)C1. The van der Waals surface area contributed by atoms with E-state index in [1.165, 1.54) is 6.07 Å². The maximum absolute atomic E-state index is 14.1. The zero-order valence-corrected chi connectivity index (χ0v) is 15.6. The van der Waals surface area contributed by atoms with Crippen LogP contribution in [0.25, 0.3) is 11.4 Å². The number of nitrogens with zero attached hydrogens (tertiary/aromatic N) is 6. The first kappa shape index (κ1) is 18.0. The van der Waals surface area contributed by atoms with E-state index < -0.39 is 0 Å². The zero-order chi connectivity index (χ0) is 18.6. The van der Waals surface area contributed by atoms with E-state index in [9.17, 15) is 4.39 Å². The van der Waals surface area contributed by atoms with Crippen molar-refractivity contribution in [2.24, 2.45) is 5.92 Å². The van der Waals surface area contributed by atoms with Gasteiger partial charge in [0, 0.05) is 41.6 Å². The van der Waals surface area contributed by atoms with Gasteiger partial charge in [-0.25, -0.2) is 4.39 Å². The first-order valence-electron chi connectivity index (χ1n) is 9.02. The van der Waals surface area contributed by atoms with E-state index in [1.807, 2.05) is 12.1 Å². The van der Waals surface area contributed by atoms with Crippen molar-refractivity contribution >= 4 is 11.6 Å². The second-order valence-electron chi connectivity index (χ2n) is 6.85. The summed E-state index contributed by atoms with van der Waals surface area (Å²) in [4.78, 5) is 7.98. The van der Waals surface area contributed by atoms with Gasteiger partial charge in [0.15, 0.2) is 0 Å². The molecule has 1 aromatic carbocycles. The van der Waals surface area contributed by atoms with Gasteiger partial charge >= 0.3 is 0 Å². The summed E-state index contributed by atoms with van der Waals surface area (Å²) in [6, 6.07) is 8.59. The van der Waals surface area contributed by atoms with Crippen molar-refractivity contribution in [3.8, 4) is 11.4 Å². The van der Waals surface area contributed by atoms with Gasteiger partial charge in [-0.1, -0.05) is 17.7 Å².